The van der Waals surface area contributed by atoms with Gasteiger partial charge in [0.2, 0.25) is 0 Å². The zero-order valence-electron chi connectivity index (χ0n) is 8.49. The first-order chi connectivity index (χ1) is 6.74. The quantitative estimate of drug-likeness (QED) is 0.763. The van der Waals surface area contributed by atoms with Crippen LogP contribution in [0.3, 0.4) is 0 Å². The van der Waals surface area contributed by atoms with Gasteiger partial charge in [0.15, 0.2) is 0 Å². The molecule has 0 saturated heterocycles. The fourth-order valence-corrected chi connectivity index (χ4v) is 1.73. The molecule has 2 aromatic heterocycles. The summed E-state index contributed by atoms with van der Waals surface area (Å²) in [5.74, 6) is 0.968. The van der Waals surface area contributed by atoms with E-state index >= 15 is 0 Å². The van der Waals surface area contributed by atoms with E-state index in [2.05, 4.69) is 21.3 Å². The van der Waals surface area contributed by atoms with E-state index in [1.165, 1.54) is 0 Å². The molecular formula is C10H14N4. The first-order valence-corrected chi connectivity index (χ1v) is 4.73. The maximum Gasteiger partial charge on any atom is 0.140 e. The highest BCUT2D eigenvalue weighted by Crippen LogP contribution is 2.12. The lowest BCUT2D eigenvalue weighted by molar-refractivity contribution is 0.906. The van der Waals surface area contributed by atoms with Gasteiger partial charge in [0.05, 0.1) is 5.69 Å². The van der Waals surface area contributed by atoms with E-state index < -0.39 is 0 Å². The van der Waals surface area contributed by atoms with Crippen molar-refractivity contribution in [3.05, 3.63) is 29.5 Å². The molecule has 0 aliphatic heterocycles. The van der Waals surface area contributed by atoms with Crippen LogP contribution < -0.4 is 5.73 Å². The molecule has 0 aromatic carbocycles. The van der Waals surface area contributed by atoms with E-state index in [1.807, 2.05) is 13.0 Å². The van der Waals surface area contributed by atoms with Gasteiger partial charge >= 0.3 is 0 Å². The van der Waals surface area contributed by atoms with Crippen molar-refractivity contribution in [3.8, 4) is 0 Å². The summed E-state index contributed by atoms with van der Waals surface area (Å²) in [5, 5.41) is 0. The van der Waals surface area contributed by atoms with Crippen molar-refractivity contribution in [2.24, 2.45) is 5.73 Å². The summed E-state index contributed by atoms with van der Waals surface area (Å²) in [7, 11) is 0. The summed E-state index contributed by atoms with van der Waals surface area (Å²) in [6, 6.07) is 1.92. The Morgan fingerprint density at radius 1 is 1.43 bits per heavy atom. The van der Waals surface area contributed by atoms with E-state index in [4.69, 9.17) is 5.73 Å². The number of hydrogen-bond acceptors (Lipinski definition) is 3. The van der Waals surface area contributed by atoms with Gasteiger partial charge in [0.1, 0.15) is 11.5 Å². The lowest BCUT2D eigenvalue weighted by atomic mass is 10.2. The summed E-state index contributed by atoms with van der Waals surface area (Å²) in [6.45, 7) is 4.67. The zero-order valence-corrected chi connectivity index (χ0v) is 8.49. The lowest BCUT2D eigenvalue weighted by Crippen LogP contribution is -2.04. The van der Waals surface area contributed by atoms with Crippen LogP contribution in [0.4, 0.5) is 0 Å². The number of nitrogens with two attached hydrogens (primary N) is 1. The third kappa shape index (κ3) is 1.28. The first-order valence-electron chi connectivity index (χ1n) is 4.73. The van der Waals surface area contributed by atoms with Gasteiger partial charge < -0.3 is 5.73 Å². The highest BCUT2D eigenvalue weighted by molar-refractivity contribution is 5.42. The predicted molar refractivity (Wildman–Crippen MR) is 55.2 cm³/mol. The Morgan fingerprint density at radius 2 is 2.21 bits per heavy atom. The minimum absolute atomic E-state index is 0.636. The molecule has 74 valence electrons. The van der Waals surface area contributed by atoms with E-state index in [9.17, 15) is 0 Å². The monoisotopic (exact) mass is 190 g/mol. The number of aryl methyl sites for hydroxylation is 2. The molecule has 0 fully saturated rings. The van der Waals surface area contributed by atoms with E-state index in [0.717, 1.165) is 29.3 Å². The van der Waals surface area contributed by atoms with Crippen molar-refractivity contribution in [1.82, 2.24) is 14.4 Å². The molecule has 0 unspecified atom stereocenters. The van der Waals surface area contributed by atoms with Crippen molar-refractivity contribution >= 4 is 5.65 Å². The van der Waals surface area contributed by atoms with Gasteiger partial charge in [-0.1, -0.05) is 0 Å². The predicted octanol–water partition coefficient (Wildman–Crippen LogP) is 0.847. The van der Waals surface area contributed by atoms with Crippen LogP contribution in [-0.4, -0.2) is 20.9 Å². The molecule has 0 radical (unpaired) electrons. The van der Waals surface area contributed by atoms with Crippen molar-refractivity contribution in [2.75, 3.05) is 6.54 Å². The maximum atomic E-state index is 5.52. The molecule has 0 bridgehead atoms. The van der Waals surface area contributed by atoms with Gasteiger partial charge in [-0.25, -0.2) is 9.97 Å². The number of nitrogens with zero attached hydrogens (tertiary/aromatic N) is 3. The molecule has 2 rings (SSSR count). The molecule has 4 nitrogen and oxygen atoms in total. The molecule has 2 heterocycles. The van der Waals surface area contributed by atoms with E-state index in [1.54, 1.807) is 6.20 Å². The smallest absolute Gasteiger partial charge is 0.140 e. The zero-order chi connectivity index (χ0) is 10.1. The van der Waals surface area contributed by atoms with Gasteiger partial charge in [0.25, 0.3) is 0 Å². The Labute approximate surface area is 82.8 Å². The average Bonchev–Trinajstić information content (AvgIpc) is 2.46. The fraction of sp³-hybridized carbons (Fsp3) is 0.400. The van der Waals surface area contributed by atoms with Gasteiger partial charge in [-0.15, -0.1) is 0 Å². The summed E-state index contributed by atoms with van der Waals surface area (Å²) < 4.78 is 2.06. The number of hydrogen-bond donors (Lipinski definition) is 1. The van der Waals surface area contributed by atoms with Gasteiger partial charge in [-0.3, -0.25) is 4.40 Å². The number of imidazole rings is 1. The summed E-state index contributed by atoms with van der Waals surface area (Å²) in [4.78, 5) is 8.74. The second kappa shape index (κ2) is 3.38. The lowest BCUT2D eigenvalue weighted by Gasteiger charge is -2.00. The van der Waals surface area contributed by atoms with Crippen LogP contribution in [-0.2, 0) is 6.42 Å². The molecule has 0 atom stereocenters. The fourth-order valence-electron chi connectivity index (χ4n) is 1.73. The Balaban J connectivity index is 2.68. The molecule has 0 saturated carbocycles. The highest BCUT2D eigenvalue weighted by atomic mass is 15.1. The number of rotatable bonds is 2. The minimum atomic E-state index is 0.636. The summed E-state index contributed by atoms with van der Waals surface area (Å²) in [5.41, 5.74) is 8.70. The largest absolute Gasteiger partial charge is 0.330 e. The second-order valence-electron chi connectivity index (χ2n) is 3.37. The van der Waals surface area contributed by atoms with Crippen LogP contribution in [0.5, 0.6) is 0 Å². The molecule has 0 amide bonds. The Morgan fingerprint density at radius 3 is 2.86 bits per heavy atom. The Bertz CT molecular complexity index is 458. The van der Waals surface area contributed by atoms with Crippen LogP contribution in [0.2, 0.25) is 0 Å². The molecular weight excluding hydrogens is 176 g/mol. The third-order valence-corrected chi connectivity index (χ3v) is 2.42. The highest BCUT2D eigenvalue weighted by Gasteiger charge is 2.08. The maximum absolute atomic E-state index is 5.52. The Hall–Kier alpha value is -1.42. The van der Waals surface area contributed by atoms with Gasteiger partial charge in [-0.2, -0.15) is 0 Å². The van der Waals surface area contributed by atoms with Gasteiger partial charge in [-0.05, 0) is 26.5 Å². The standard InChI is InChI=1S/C10H14N4/c1-7-9(3-5-11)13-10-4-6-12-8(2)14(7)10/h4,6H,3,5,11H2,1-2H3. The van der Waals surface area contributed by atoms with Crippen molar-refractivity contribution < 1.29 is 0 Å². The van der Waals surface area contributed by atoms with Crippen LogP contribution in [0.25, 0.3) is 5.65 Å². The van der Waals surface area contributed by atoms with E-state index in [0.29, 0.717) is 6.54 Å². The van der Waals surface area contributed by atoms with Crippen molar-refractivity contribution in [2.45, 2.75) is 20.3 Å². The molecule has 2 aromatic rings. The second-order valence-corrected chi connectivity index (χ2v) is 3.37. The number of fused-ring (bicyclic) bond motifs is 1. The summed E-state index contributed by atoms with van der Waals surface area (Å²) >= 11 is 0. The summed E-state index contributed by atoms with van der Waals surface area (Å²) in [6.07, 6.45) is 2.61. The van der Waals surface area contributed by atoms with Crippen LogP contribution >= 0.6 is 0 Å². The van der Waals surface area contributed by atoms with Gasteiger partial charge in [0, 0.05) is 18.3 Å². The van der Waals surface area contributed by atoms with Crippen LogP contribution in [0.1, 0.15) is 17.2 Å². The third-order valence-electron chi connectivity index (χ3n) is 2.42. The van der Waals surface area contributed by atoms with Crippen molar-refractivity contribution in [1.29, 1.82) is 0 Å². The molecule has 0 aliphatic rings. The van der Waals surface area contributed by atoms with Crippen LogP contribution in [0.15, 0.2) is 12.3 Å². The molecule has 2 N–H and O–H groups in total. The molecule has 4 heteroatoms. The molecule has 0 spiro atoms. The topological polar surface area (TPSA) is 56.2 Å². The van der Waals surface area contributed by atoms with Crippen LogP contribution in [0, 0.1) is 13.8 Å². The first kappa shape index (κ1) is 9.15. The Kier molecular flexibility index (Phi) is 2.21. The molecule has 14 heavy (non-hydrogen) atoms. The van der Waals surface area contributed by atoms with E-state index in [-0.39, 0.29) is 0 Å². The van der Waals surface area contributed by atoms with Crippen molar-refractivity contribution in [3.63, 3.8) is 0 Å². The average molecular weight is 190 g/mol. The normalized spacial score (nSPS) is 11.1. The SMILES string of the molecule is Cc1nccc2nc(CCN)c(C)n12. The molecule has 0 aliphatic carbocycles. The number of aromatic nitrogens is 3. The minimum Gasteiger partial charge on any atom is -0.330 e.